The Balaban J connectivity index is 0.000000543. The van der Waals surface area contributed by atoms with E-state index in [-0.39, 0.29) is 24.1 Å². The number of nitrogens with zero attached hydrogens (tertiary/aromatic N) is 2. The van der Waals surface area contributed by atoms with Crippen molar-refractivity contribution in [3.05, 3.63) is 137 Å². The van der Waals surface area contributed by atoms with Gasteiger partial charge in [0.25, 0.3) is 11.8 Å². The Morgan fingerprint density at radius 3 is 2.10 bits per heavy atom. The molecule has 7 rings (SSSR count). The Kier molecular flexibility index (Phi) is 12.1. The Labute approximate surface area is 291 Å². The minimum absolute atomic E-state index is 0.167. The quantitative estimate of drug-likeness (QED) is 0.167. The zero-order chi connectivity index (χ0) is 35.5. The molecule has 11 heteroatoms. The van der Waals surface area contributed by atoms with Gasteiger partial charge in [0.05, 0.1) is 25.8 Å². The van der Waals surface area contributed by atoms with Crippen molar-refractivity contribution in [3.8, 4) is 16.9 Å². The van der Waals surface area contributed by atoms with E-state index < -0.39 is 5.97 Å². The first kappa shape index (κ1) is 35.6. The number of nitrogens with two attached hydrogens (primary N) is 1. The number of amides is 2. The smallest absolute Gasteiger partial charge is 0.352 e. The molecule has 1 fully saturated rings. The molecule has 0 atom stereocenters. The van der Waals surface area contributed by atoms with Crippen molar-refractivity contribution >= 4 is 29.2 Å². The number of aromatic nitrogens is 1. The molecule has 1 saturated heterocycles. The van der Waals surface area contributed by atoms with Crippen molar-refractivity contribution in [2.45, 2.75) is 13.1 Å². The number of anilines is 2. The second-order valence-electron chi connectivity index (χ2n) is 11.4. The number of hydrogen-bond acceptors (Lipinski definition) is 7. The topological polar surface area (TPSA) is 151 Å². The van der Waals surface area contributed by atoms with Gasteiger partial charge in [0, 0.05) is 54.9 Å². The fraction of sp³-hybridized carbons (Fsp3) is 0.205. The maximum absolute atomic E-state index is 14.0. The Hall–Kier alpha value is -5.75. The molecule has 4 aromatic carbocycles. The van der Waals surface area contributed by atoms with Gasteiger partial charge in [-0.2, -0.15) is 0 Å². The number of carboxylic acids is 1. The van der Waals surface area contributed by atoms with E-state index in [1.807, 2.05) is 72.8 Å². The summed E-state index contributed by atoms with van der Waals surface area (Å²) in [5.74, 6) is -1.31. The van der Waals surface area contributed by atoms with Crippen LogP contribution in [0.4, 0.5) is 11.4 Å². The highest BCUT2D eigenvalue weighted by molar-refractivity contribution is 6.11. The molecule has 11 nitrogen and oxygen atoms in total. The number of para-hydroxylation sites is 1. The molecule has 6 N–H and O–H groups in total. The number of fused-ring (bicyclic) bond motifs is 2. The summed E-state index contributed by atoms with van der Waals surface area (Å²) in [5, 5.41) is 19.1. The van der Waals surface area contributed by atoms with Crippen LogP contribution in [0.5, 0.6) is 5.75 Å². The predicted octanol–water partition coefficient (Wildman–Crippen LogP) is 5.08. The van der Waals surface area contributed by atoms with Crippen molar-refractivity contribution in [2.75, 3.05) is 50.6 Å². The standard InChI is InChI=1S/C34H27N3O5.C4H10N2.CH5N/c1-42-31-19-24(35-32(38)27-13-7-6-12-26(27)22-9-3-2-4-10-22)15-17-28(31)33(39)37-21-25-16-18-30(34(40)41)36(25)20-23-11-5-8-14-29(23)37;1-2-6-4-3-5-1;1-2/h2-19H,20-21H2,1H3,(H,35,38)(H,40,41);5-6H,1-4H2;2H2,1H3. The van der Waals surface area contributed by atoms with Crippen LogP contribution in [0.2, 0.25) is 0 Å². The van der Waals surface area contributed by atoms with Gasteiger partial charge < -0.3 is 41.0 Å². The van der Waals surface area contributed by atoms with Crippen LogP contribution in [-0.2, 0) is 13.1 Å². The zero-order valence-electron chi connectivity index (χ0n) is 28.2. The first-order chi connectivity index (χ1) is 24.4. The number of benzene rings is 4. The van der Waals surface area contributed by atoms with Gasteiger partial charge >= 0.3 is 5.97 Å². The van der Waals surface area contributed by atoms with Gasteiger partial charge in [-0.3, -0.25) is 9.59 Å². The molecule has 1 aromatic heterocycles. The van der Waals surface area contributed by atoms with Gasteiger partial charge in [0.15, 0.2) is 0 Å². The van der Waals surface area contributed by atoms with Gasteiger partial charge in [0.1, 0.15) is 11.4 Å². The summed E-state index contributed by atoms with van der Waals surface area (Å²) in [4.78, 5) is 40.8. The lowest BCUT2D eigenvalue weighted by molar-refractivity contribution is 0.0685. The number of carbonyl (C=O) groups is 3. The SMILES string of the molecule is C1CNCCN1.CN.COc1cc(NC(=O)c2ccccc2-c2ccccc2)ccc1C(=O)N1Cc2ccc(C(=O)O)n2Cc2ccccc21. The molecule has 2 amide bonds. The summed E-state index contributed by atoms with van der Waals surface area (Å²) in [7, 11) is 2.98. The van der Waals surface area contributed by atoms with E-state index >= 15 is 0 Å². The normalized spacial score (nSPS) is 13.1. The average Bonchev–Trinajstić information content (AvgIpc) is 3.50. The number of ether oxygens (including phenoxy) is 1. The molecule has 0 spiro atoms. The highest BCUT2D eigenvalue weighted by Crippen LogP contribution is 2.33. The minimum Gasteiger partial charge on any atom is -0.496 e. The molecule has 0 saturated carbocycles. The largest absolute Gasteiger partial charge is 0.496 e. The molecule has 0 radical (unpaired) electrons. The first-order valence-corrected chi connectivity index (χ1v) is 16.4. The Bertz CT molecular complexity index is 1930. The Morgan fingerprint density at radius 2 is 1.42 bits per heavy atom. The van der Waals surface area contributed by atoms with E-state index in [1.165, 1.54) is 14.2 Å². The number of carbonyl (C=O) groups excluding carboxylic acids is 2. The lowest BCUT2D eigenvalue weighted by atomic mass is 9.99. The molecule has 0 aliphatic carbocycles. The van der Waals surface area contributed by atoms with Gasteiger partial charge in [-0.05, 0) is 60.1 Å². The maximum atomic E-state index is 14.0. The summed E-state index contributed by atoms with van der Waals surface area (Å²) in [6.07, 6.45) is 0. The lowest BCUT2D eigenvalue weighted by Gasteiger charge is -2.24. The molecular weight excluding hydrogens is 632 g/mol. The zero-order valence-corrected chi connectivity index (χ0v) is 28.2. The van der Waals surface area contributed by atoms with Crippen LogP contribution in [0, 0.1) is 0 Å². The second-order valence-corrected chi connectivity index (χ2v) is 11.4. The molecule has 0 unspecified atom stereocenters. The van der Waals surface area contributed by atoms with Crippen molar-refractivity contribution in [2.24, 2.45) is 5.73 Å². The number of rotatable bonds is 6. The molecular formula is C39H42N6O5. The first-order valence-electron chi connectivity index (χ1n) is 16.4. The number of aromatic carboxylic acids is 1. The third-order valence-corrected chi connectivity index (χ3v) is 8.37. The van der Waals surface area contributed by atoms with Crippen molar-refractivity contribution in [1.82, 2.24) is 15.2 Å². The summed E-state index contributed by atoms with van der Waals surface area (Å²) >= 11 is 0. The van der Waals surface area contributed by atoms with E-state index in [0.717, 1.165) is 42.9 Å². The lowest BCUT2D eigenvalue weighted by Crippen LogP contribution is -2.39. The molecule has 2 aliphatic heterocycles. The van der Waals surface area contributed by atoms with Crippen LogP contribution >= 0.6 is 0 Å². The number of nitrogens with one attached hydrogen (secondary N) is 3. The van der Waals surface area contributed by atoms with E-state index in [9.17, 15) is 19.5 Å². The number of carboxylic acid groups (broad SMARTS) is 1. The van der Waals surface area contributed by atoms with Gasteiger partial charge in [-0.1, -0.05) is 66.7 Å². The summed E-state index contributed by atoms with van der Waals surface area (Å²) in [6.45, 7) is 5.07. The van der Waals surface area contributed by atoms with Crippen LogP contribution in [0.25, 0.3) is 11.1 Å². The van der Waals surface area contributed by atoms with Crippen LogP contribution in [0.15, 0.2) is 109 Å². The minimum atomic E-state index is -1.02. The number of hydrogen-bond donors (Lipinski definition) is 5. The molecule has 2 aliphatic rings. The fourth-order valence-electron chi connectivity index (χ4n) is 5.97. The van der Waals surface area contributed by atoms with Crippen LogP contribution in [0.1, 0.15) is 42.5 Å². The maximum Gasteiger partial charge on any atom is 0.352 e. The number of piperazine rings is 1. The van der Waals surface area contributed by atoms with Crippen molar-refractivity contribution < 1.29 is 24.2 Å². The van der Waals surface area contributed by atoms with Crippen LogP contribution in [0.3, 0.4) is 0 Å². The van der Waals surface area contributed by atoms with E-state index in [1.54, 1.807) is 45.9 Å². The summed E-state index contributed by atoms with van der Waals surface area (Å²) in [6, 6.07) is 32.8. The third kappa shape index (κ3) is 8.09. The van der Waals surface area contributed by atoms with Crippen molar-refractivity contribution in [1.29, 1.82) is 0 Å². The van der Waals surface area contributed by atoms with Gasteiger partial charge in [-0.15, -0.1) is 0 Å². The monoisotopic (exact) mass is 674 g/mol. The predicted molar refractivity (Wildman–Crippen MR) is 196 cm³/mol. The van der Waals surface area contributed by atoms with Gasteiger partial charge in [-0.25, -0.2) is 4.79 Å². The third-order valence-electron chi connectivity index (χ3n) is 8.37. The summed E-state index contributed by atoms with van der Waals surface area (Å²) < 4.78 is 7.34. The van der Waals surface area contributed by atoms with E-state index in [4.69, 9.17) is 4.74 Å². The molecule has 3 heterocycles. The van der Waals surface area contributed by atoms with E-state index in [0.29, 0.717) is 40.5 Å². The Morgan fingerprint density at radius 1 is 0.760 bits per heavy atom. The van der Waals surface area contributed by atoms with Crippen LogP contribution in [-0.4, -0.2) is 67.8 Å². The van der Waals surface area contributed by atoms with Crippen LogP contribution < -0.4 is 31.3 Å². The van der Waals surface area contributed by atoms with E-state index in [2.05, 4.69) is 21.7 Å². The molecule has 258 valence electrons. The highest BCUT2D eigenvalue weighted by atomic mass is 16.5. The molecule has 0 bridgehead atoms. The van der Waals surface area contributed by atoms with Gasteiger partial charge in [0.2, 0.25) is 0 Å². The molecule has 5 aromatic rings. The summed E-state index contributed by atoms with van der Waals surface area (Å²) in [5.41, 5.74) is 9.94. The number of methoxy groups -OCH3 is 1. The molecule has 50 heavy (non-hydrogen) atoms. The average molecular weight is 675 g/mol. The fourth-order valence-corrected chi connectivity index (χ4v) is 5.97. The highest BCUT2D eigenvalue weighted by Gasteiger charge is 2.29. The second kappa shape index (κ2) is 17.1. The van der Waals surface area contributed by atoms with Crippen molar-refractivity contribution in [3.63, 3.8) is 0 Å².